The summed E-state index contributed by atoms with van der Waals surface area (Å²) in [6.45, 7) is 2.32. The van der Waals surface area contributed by atoms with Gasteiger partial charge in [0.25, 0.3) is 0 Å². The number of rotatable bonds is 5. The summed E-state index contributed by atoms with van der Waals surface area (Å²) in [6, 6.07) is 11.0. The lowest BCUT2D eigenvalue weighted by atomic mass is 10.2. The number of aldehydes is 1. The van der Waals surface area contributed by atoms with Gasteiger partial charge in [0.1, 0.15) is 12.9 Å². The summed E-state index contributed by atoms with van der Waals surface area (Å²) >= 11 is 0. The molecule has 2 rings (SSSR count). The minimum atomic E-state index is -0.171. The van der Waals surface area contributed by atoms with Crippen molar-refractivity contribution in [3.8, 4) is 5.75 Å². The molecule has 4 heteroatoms. The molecule has 0 fully saturated rings. The van der Waals surface area contributed by atoms with Crippen LogP contribution < -0.4 is 10.2 Å². The van der Waals surface area contributed by atoms with Crippen LogP contribution in [-0.4, -0.2) is 10.9 Å². The predicted molar refractivity (Wildman–Crippen MR) is 72.3 cm³/mol. The van der Waals surface area contributed by atoms with Gasteiger partial charge in [-0.1, -0.05) is 30.3 Å². The summed E-state index contributed by atoms with van der Waals surface area (Å²) in [6.07, 6.45) is 2.39. The molecule has 0 aliphatic heterocycles. The zero-order valence-electron chi connectivity index (χ0n) is 10.7. The van der Waals surface area contributed by atoms with E-state index in [4.69, 9.17) is 4.74 Å². The topological polar surface area (TPSA) is 48.3 Å². The largest absolute Gasteiger partial charge is 0.483 e. The van der Waals surface area contributed by atoms with E-state index in [0.29, 0.717) is 18.1 Å². The average Bonchev–Trinajstić information content (AvgIpc) is 2.43. The first-order valence-electron chi connectivity index (χ1n) is 6.03. The van der Waals surface area contributed by atoms with E-state index in [1.807, 2.05) is 30.3 Å². The van der Waals surface area contributed by atoms with Crippen molar-refractivity contribution in [2.24, 2.45) is 0 Å². The minimum absolute atomic E-state index is 0.171. The van der Waals surface area contributed by atoms with E-state index in [1.165, 1.54) is 6.07 Å². The van der Waals surface area contributed by atoms with E-state index in [2.05, 4.69) is 0 Å². The molecule has 0 unspecified atom stereocenters. The van der Waals surface area contributed by atoms with Crippen LogP contribution in [-0.2, 0) is 17.9 Å². The molecule has 1 heterocycles. The number of benzene rings is 1. The molecule has 98 valence electrons. The quantitative estimate of drug-likeness (QED) is 0.769. The van der Waals surface area contributed by atoms with Gasteiger partial charge in [-0.15, -0.1) is 0 Å². The Labute approximate surface area is 111 Å². The summed E-state index contributed by atoms with van der Waals surface area (Å²) in [5, 5.41) is 0. The van der Waals surface area contributed by atoms with Gasteiger partial charge < -0.3 is 14.1 Å². The Kier molecular flexibility index (Phi) is 4.13. The fourth-order valence-electron chi connectivity index (χ4n) is 1.84. The van der Waals surface area contributed by atoms with Crippen molar-refractivity contribution in [2.45, 2.75) is 20.1 Å². The van der Waals surface area contributed by atoms with E-state index in [-0.39, 0.29) is 12.0 Å². The van der Waals surface area contributed by atoms with Crippen molar-refractivity contribution in [1.82, 2.24) is 4.57 Å². The number of carbonyl (C=O) groups excluding carboxylic acids is 1. The highest BCUT2D eigenvalue weighted by Crippen LogP contribution is 2.13. The third-order valence-electron chi connectivity index (χ3n) is 2.89. The summed E-state index contributed by atoms with van der Waals surface area (Å²) in [5.41, 5.74) is 1.48. The monoisotopic (exact) mass is 257 g/mol. The van der Waals surface area contributed by atoms with Gasteiger partial charge >= 0.3 is 0 Å². The number of pyridine rings is 1. The second-order valence-corrected chi connectivity index (χ2v) is 4.19. The molecular weight excluding hydrogens is 242 g/mol. The van der Waals surface area contributed by atoms with Gasteiger partial charge in [-0.2, -0.15) is 0 Å². The lowest BCUT2D eigenvalue weighted by Crippen LogP contribution is -2.15. The van der Waals surface area contributed by atoms with Crippen molar-refractivity contribution in [2.75, 3.05) is 0 Å². The zero-order chi connectivity index (χ0) is 13.7. The third kappa shape index (κ3) is 3.10. The van der Waals surface area contributed by atoms with Crippen LogP contribution in [0.4, 0.5) is 0 Å². The Morgan fingerprint density at radius 3 is 2.63 bits per heavy atom. The van der Waals surface area contributed by atoms with Crippen molar-refractivity contribution in [1.29, 1.82) is 0 Å². The smallest absolute Gasteiger partial charge is 0.223 e. The molecule has 1 aromatic heterocycles. The fourth-order valence-corrected chi connectivity index (χ4v) is 1.84. The molecule has 19 heavy (non-hydrogen) atoms. The van der Waals surface area contributed by atoms with E-state index in [0.717, 1.165) is 11.8 Å². The summed E-state index contributed by atoms with van der Waals surface area (Å²) in [5.74, 6) is 0.299. The van der Waals surface area contributed by atoms with E-state index in [1.54, 1.807) is 17.7 Å². The molecular formula is C15H15NO3. The van der Waals surface area contributed by atoms with Gasteiger partial charge in [0.2, 0.25) is 5.43 Å². The Morgan fingerprint density at radius 2 is 1.95 bits per heavy atom. The van der Waals surface area contributed by atoms with Crippen molar-refractivity contribution < 1.29 is 9.53 Å². The molecule has 0 saturated heterocycles. The molecule has 0 aliphatic rings. The minimum Gasteiger partial charge on any atom is -0.483 e. The maximum absolute atomic E-state index is 11.8. The summed E-state index contributed by atoms with van der Waals surface area (Å²) in [7, 11) is 0. The molecule has 0 spiro atoms. The van der Waals surface area contributed by atoms with E-state index in [9.17, 15) is 9.59 Å². The molecule has 0 amide bonds. The van der Waals surface area contributed by atoms with Crippen molar-refractivity contribution in [3.63, 3.8) is 0 Å². The number of hydrogen-bond acceptors (Lipinski definition) is 3. The standard InChI is InChI=1S/C15H15NO3/c1-12-15(14(18)7-8-16(12)9-10-17)19-11-13-5-3-2-4-6-13/h2-8,10H,9,11H2,1H3. The molecule has 1 aromatic carbocycles. The van der Waals surface area contributed by atoms with Crippen molar-refractivity contribution in [3.05, 3.63) is 64.1 Å². The SMILES string of the molecule is Cc1c(OCc2ccccc2)c(=O)ccn1CC=O. The van der Waals surface area contributed by atoms with Gasteiger partial charge in [-0.05, 0) is 12.5 Å². The molecule has 4 nitrogen and oxygen atoms in total. The lowest BCUT2D eigenvalue weighted by molar-refractivity contribution is -0.108. The first-order chi connectivity index (χ1) is 9.22. The van der Waals surface area contributed by atoms with Crippen LogP contribution in [0.2, 0.25) is 0 Å². The molecule has 2 aromatic rings. The van der Waals surface area contributed by atoms with Crippen molar-refractivity contribution >= 4 is 6.29 Å². The first-order valence-corrected chi connectivity index (χ1v) is 6.03. The van der Waals surface area contributed by atoms with Crippen LogP contribution in [0.1, 0.15) is 11.3 Å². The molecule has 0 aliphatic carbocycles. The van der Waals surface area contributed by atoms with Crippen LogP contribution in [0.25, 0.3) is 0 Å². The summed E-state index contributed by atoms with van der Waals surface area (Å²) < 4.78 is 7.28. The molecule has 0 saturated carbocycles. The normalized spacial score (nSPS) is 10.2. The maximum Gasteiger partial charge on any atom is 0.223 e. The number of hydrogen-bond donors (Lipinski definition) is 0. The molecule has 0 N–H and O–H groups in total. The average molecular weight is 257 g/mol. The number of nitrogens with zero attached hydrogens (tertiary/aromatic N) is 1. The van der Waals surface area contributed by atoms with E-state index < -0.39 is 0 Å². The van der Waals surface area contributed by atoms with Crippen LogP contribution >= 0.6 is 0 Å². The van der Waals surface area contributed by atoms with Gasteiger partial charge in [0, 0.05) is 12.3 Å². The van der Waals surface area contributed by atoms with Gasteiger partial charge in [-0.3, -0.25) is 4.79 Å². The molecule has 0 atom stereocenters. The lowest BCUT2D eigenvalue weighted by Gasteiger charge is -2.12. The maximum atomic E-state index is 11.8. The Bertz CT molecular complexity index is 617. The van der Waals surface area contributed by atoms with Gasteiger partial charge in [0.15, 0.2) is 5.75 Å². The Morgan fingerprint density at radius 1 is 1.21 bits per heavy atom. The number of ether oxygens (including phenoxy) is 1. The second-order valence-electron chi connectivity index (χ2n) is 4.19. The Balaban J connectivity index is 2.22. The van der Waals surface area contributed by atoms with Crippen LogP contribution in [0, 0.1) is 6.92 Å². The highest BCUT2D eigenvalue weighted by atomic mass is 16.5. The highest BCUT2D eigenvalue weighted by molar-refractivity contribution is 5.49. The summed E-state index contributed by atoms with van der Waals surface area (Å²) in [4.78, 5) is 22.4. The van der Waals surface area contributed by atoms with Crippen LogP contribution in [0.5, 0.6) is 5.75 Å². The van der Waals surface area contributed by atoms with Crippen LogP contribution in [0.15, 0.2) is 47.4 Å². The highest BCUT2D eigenvalue weighted by Gasteiger charge is 2.08. The molecule has 0 bridgehead atoms. The van der Waals surface area contributed by atoms with Gasteiger partial charge in [-0.25, -0.2) is 0 Å². The predicted octanol–water partition coefficient (Wildman–Crippen LogP) is 1.93. The van der Waals surface area contributed by atoms with E-state index >= 15 is 0 Å². The third-order valence-corrected chi connectivity index (χ3v) is 2.89. The van der Waals surface area contributed by atoms with Gasteiger partial charge in [0.05, 0.1) is 12.2 Å². The fraction of sp³-hybridized carbons (Fsp3) is 0.200. The zero-order valence-corrected chi connectivity index (χ0v) is 10.7. The second kappa shape index (κ2) is 6.00. The number of carbonyl (C=O) groups is 1. The van der Waals surface area contributed by atoms with Crippen LogP contribution in [0.3, 0.4) is 0 Å². The first kappa shape index (κ1) is 13.1. The Hall–Kier alpha value is -2.36. The molecule has 0 radical (unpaired) electrons. The number of aromatic nitrogens is 1.